The molecule has 1 rings (SSSR count). The number of unbranched alkanes of at least 4 members (excludes halogenated alkanes) is 1. The summed E-state index contributed by atoms with van der Waals surface area (Å²) in [7, 11) is 4.27. The van der Waals surface area contributed by atoms with Gasteiger partial charge in [-0.25, -0.2) is 0 Å². The van der Waals surface area contributed by atoms with Gasteiger partial charge in [-0.1, -0.05) is 69.2 Å². The molecule has 1 atom stereocenters. The predicted molar refractivity (Wildman–Crippen MR) is 85.3 cm³/mol. The predicted octanol–water partition coefficient (Wildman–Crippen LogP) is 5.06. The van der Waals surface area contributed by atoms with E-state index in [4.69, 9.17) is 0 Å². The van der Waals surface area contributed by atoms with Crippen LogP contribution in [0.1, 0.15) is 51.1 Å². The van der Waals surface area contributed by atoms with Gasteiger partial charge in [0.2, 0.25) is 0 Å². The Morgan fingerprint density at radius 1 is 1.11 bits per heavy atom. The topological polar surface area (TPSA) is 3.24 Å². The fraction of sp³-hybridized carbons (Fsp3) is 0.556. The van der Waals surface area contributed by atoms with Crippen molar-refractivity contribution in [2.24, 2.45) is 5.92 Å². The van der Waals surface area contributed by atoms with E-state index in [1.165, 1.54) is 30.4 Å². The highest BCUT2D eigenvalue weighted by atomic mass is 15.1. The molecular weight excluding hydrogens is 230 g/mol. The van der Waals surface area contributed by atoms with Crippen molar-refractivity contribution >= 4 is 0 Å². The molecule has 19 heavy (non-hydrogen) atoms. The second-order valence-electron chi connectivity index (χ2n) is 6.07. The summed E-state index contributed by atoms with van der Waals surface area (Å²) in [5, 5.41) is 0. The standard InChI is InChI=1S/C18H29N/c1-15(2)11-9-10-12-16(3)18(19(4)5)17-13-7-6-8-14-17/h6-8,13-15,18H,3,9-12H2,1-2,4-5H3/t18-/m1/s1. The molecule has 0 aliphatic rings. The Morgan fingerprint density at radius 3 is 2.26 bits per heavy atom. The summed E-state index contributed by atoms with van der Waals surface area (Å²) >= 11 is 0. The zero-order chi connectivity index (χ0) is 14.3. The minimum atomic E-state index is 0.347. The third-order valence-electron chi connectivity index (χ3n) is 3.55. The molecule has 0 amide bonds. The molecule has 0 aliphatic heterocycles. The average Bonchev–Trinajstić information content (AvgIpc) is 2.35. The van der Waals surface area contributed by atoms with E-state index in [-0.39, 0.29) is 0 Å². The van der Waals surface area contributed by atoms with Gasteiger partial charge in [-0.3, -0.25) is 4.90 Å². The molecule has 1 aromatic carbocycles. The van der Waals surface area contributed by atoms with Crippen LogP contribution >= 0.6 is 0 Å². The molecule has 0 heterocycles. The first-order valence-corrected chi connectivity index (χ1v) is 7.41. The molecule has 0 fully saturated rings. The summed E-state index contributed by atoms with van der Waals surface area (Å²) in [6.07, 6.45) is 5.02. The van der Waals surface area contributed by atoms with Crippen molar-refractivity contribution in [2.45, 2.75) is 45.6 Å². The number of hydrogen-bond acceptors (Lipinski definition) is 1. The molecule has 106 valence electrons. The summed E-state index contributed by atoms with van der Waals surface area (Å²) in [6.45, 7) is 8.91. The fourth-order valence-electron chi connectivity index (χ4n) is 2.58. The largest absolute Gasteiger partial charge is 0.299 e. The minimum Gasteiger partial charge on any atom is -0.299 e. The molecule has 0 radical (unpaired) electrons. The van der Waals surface area contributed by atoms with Crippen LogP contribution < -0.4 is 0 Å². The molecule has 0 spiro atoms. The molecule has 1 heteroatoms. The van der Waals surface area contributed by atoms with Crippen molar-refractivity contribution in [1.29, 1.82) is 0 Å². The molecule has 0 aromatic heterocycles. The zero-order valence-electron chi connectivity index (χ0n) is 13.0. The Kier molecular flexibility index (Phi) is 6.86. The van der Waals surface area contributed by atoms with Gasteiger partial charge in [0, 0.05) is 0 Å². The summed E-state index contributed by atoms with van der Waals surface area (Å²) in [5.41, 5.74) is 2.68. The van der Waals surface area contributed by atoms with Gasteiger partial charge in [0.25, 0.3) is 0 Å². The number of likely N-dealkylation sites (N-methyl/N-ethyl adjacent to an activating group) is 1. The lowest BCUT2D eigenvalue weighted by Gasteiger charge is -2.27. The van der Waals surface area contributed by atoms with Crippen molar-refractivity contribution in [3.8, 4) is 0 Å². The third-order valence-corrected chi connectivity index (χ3v) is 3.55. The van der Waals surface area contributed by atoms with Crippen LogP contribution in [0, 0.1) is 5.92 Å². The SMILES string of the molecule is C=C(CCCCC(C)C)[C@H](c1ccccc1)N(C)C. The van der Waals surface area contributed by atoms with Crippen LogP contribution in [0.4, 0.5) is 0 Å². The maximum absolute atomic E-state index is 4.33. The van der Waals surface area contributed by atoms with Crippen molar-refractivity contribution in [1.82, 2.24) is 4.90 Å². The maximum Gasteiger partial charge on any atom is 0.0553 e. The Bertz CT molecular complexity index is 365. The van der Waals surface area contributed by atoms with Gasteiger partial charge in [-0.15, -0.1) is 0 Å². The van der Waals surface area contributed by atoms with Gasteiger partial charge in [0.1, 0.15) is 0 Å². The van der Waals surface area contributed by atoms with Crippen LogP contribution in [0.3, 0.4) is 0 Å². The highest BCUT2D eigenvalue weighted by Gasteiger charge is 2.16. The van der Waals surface area contributed by atoms with Crippen molar-refractivity contribution in [3.05, 3.63) is 48.0 Å². The van der Waals surface area contributed by atoms with Crippen molar-refractivity contribution < 1.29 is 0 Å². The highest BCUT2D eigenvalue weighted by Crippen LogP contribution is 2.28. The number of hydrogen-bond donors (Lipinski definition) is 0. The second kappa shape index (κ2) is 8.16. The van der Waals surface area contributed by atoms with E-state index in [2.05, 4.69) is 69.8 Å². The zero-order valence-corrected chi connectivity index (χ0v) is 13.0. The molecule has 1 aromatic rings. The number of rotatable bonds is 8. The van der Waals surface area contributed by atoms with Gasteiger partial charge >= 0.3 is 0 Å². The smallest absolute Gasteiger partial charge is 0.0553 e. The first-order valence-electron chi connectivity index (χ1n) is 7.41. The molecule has 1 nitrogen and oxygen atoms in total. The van der Waals surface area contributed by atoms with E-state index in [0.29, 0.717) is 6.04 Å². The molecule has 0 N–H and O–H groups in total. The lowest BCUT2D eigenvalue weighted by Crippen LogP contribution is -2.21. The Morgan fingerprint density at radius 2 is 1.74 bits per heavy atom. The summed E-state index contributed by atoms with van der Waals surface area (Å²) < 4.78 is 0. The normalized spacial score (nSPS) is 12.9. The first kappa shape index (κ1) is 16.0. The van der Waals surface area contributed by atoms with E-state index < -0.39 is 0 Å². The molecule has 0 bridgehead atoms. The van der Waals surface area contributed by atoms with Crippen LogP contribution in [0.15, 0.2) is 42.5 Å². The van der Waals surface area contributed by atoms with E-state index >= 15 is 0 Å². The van der Waals surface area contributed by atoms with Crippen LogP contribution in [-0.4, -0.2) is 19.0 Å². The molecule has 0 saturated carbocycles. The van der Waals surface area contributed by atoms with Gasteiger partial charge < -0.3 is 0 Å². The maximum atomic E-state index is 4.33. The quantitative estimate of drug-likeness (QED) is 0.466. The first-order chi connectivity index (χ1) is 9.02. The fourth-order valence-corrected chi connectivity index (χ4v) is 2.58. The van der Waals surface area contributed by atoms with Gasteiger partial charge in [-0.2, -0.15) is 0 Å². The van der Waals surface area contributed by atoms with Gasteiger partial charge in [0.05, 0.1) is 6.04 Å². The van der Waals surface area contributed by atoms with Gasteiger partial charge in [0.15, 0.2) is 0 Å². The molecule has 0 saturated heterocycles. The third kappa shape index (κ3) is 5.61. The Labute approximate surface area is 119 Å². The van der Waals surface area contributed by atoms with Crippen molar-refractivity contribution in [2.75, 3.05) is 14.1 Å². The lowest BCUT2D eigenvalue weighted by atomic mass is 9.94. The number of nitrogens with zero attached hydrogens (tertiary/aromatic N) is 1. The van der Waals surface area contributed by atoms with E-state index in [1.54, 1.807) is 0 Å². The summed E-state index contributed by atoms with van der Waals surface area (Å²) in [5.74, 6) is 0.812. The van der Waals surface area contributed by atoms with Crippen molar-refractivity contribution in [3.63, 3.8) is 0 Å². The highest BCUT2D eigenvalue weighted by molar-refractivity contribution is 5.26. The van der Waals surface area contributed by atoms with Crippen LogP contribution in [0.25, 0.3) is 0 Å². The molecule has 0 unspecified atom stereocenters. The molecular formula is C18H29N. The second-order valence-corrected chi connectivity index (χ2v) is 6.07. The van der Waals surface area contributed by atoms with Crippen LogP contribution in [0.2, 0.25) is 0 Å². The molecule has 0 aliphatic carbocycles. The van der Waals surface area contributed by atoms with E-state index in [1.807, 2.05) is 0 Å². The Balaban J connectivity index is 2.55. The monoisotopic (exact) mass is 259 g/mol. The summed E-state index contributed by atoms with van der Waals surface area (Å²) in [6, 6.07) is 11.0. The lowest BCUT2D eigenvalue weighted by molar-refractivity contribution is 0.330. The summed E-state index contributed by atoms with van der Waals surface area (Å²) in [4.78, 5) is 2.26. The van der Waals surface area contributed by atoms with Crippen LogP contribution in [-0.2, 0) is 0 Å². The van der Waals surface area contributed by atoms with E-state index in [0.717, 1.165) is 12.3 Å². The average molecular weight is 259 g/mol. The van der Waals surface area contributed by atoms with Gasteiger partial charge in [-0.05, 0) is 38.4 Å². The number of benzene rings is 1. The van der Waals surface area contributed by atoms with Crippen LogP contribution in [0.5, 0.6) is 0 Å². The minimum absolute atomic E-state index is 0.347. The van der Waals surface area contributed by atoms with E-state index in [9.17, 15) is 0 Å². The Hall–Kier alpha value is -1.08.